The maximum Gasteiger partial charge on any atom is 0.185 e. The number of nitrogens with zero attached hydrogens (tertiary/aromatic N) is 2. The summed E-state index contributed by atoms with van der Waals surface area (Å²) in [6.07, 6.45) is 4.00. The zero-order chi connectivity index (χ0) is 12.5. The van der Waals surface area contributed by atoms with Crippen molar-refractivity contribution in [3.05, 3.63) is 10.6 Å². The second-order valence-corrected chi connectivity index (χ2v) is 7.50. The van der Waals surface area contributed by atoms with E-state index in [0.717, 1.165) is 12.6 Å². The molecule has 5 heteroatoms. The summed E-state index contributed by atoms with van der Waals surface area (Å²) in [5.41, 5.74) is 1.21. The van der Waals surface area contributed by atoms with Crippen molar-refractivity contribution in [3.8, 4) is 0 Å². The van der Waals surface area contributed by atoms with Crippen LogP contribution in [0, 0.1) is 6.92 Å². The number of aromatic nitrogens is 1. The number of thioether (sulfide) groups is 1. The molecule has 1 N–H and O–H groups in total. The van der Waals surface area contributed by atoms with Gasteiger partial charge in [-0.15, -0.1) is 11.3 Å². The molecule has 1 aromatic rings. The normalized spacial score (nSPS) is 23.6. The molecule has 1 atom stereocenters. The Hall–Kier alpha value is -0.260. The average Bonchev–Trinajstić information content (AvgIpc) is 2.90. The highest BCUT2D eigenvalue weighted by atomic mass is 32.2. The average molecular weight is 283 g/mol. The number of hydrogen-bond donors (Lipinski definition) is 1. The zero-order valence-electron chi connectivity index (χ0n) is 11.1. The first-order valence-corrected chi connectivity index (χ1v) is 8.71. The van der Waals surface area contributed by atoms with Crippen LogP contribution in [-0.2, 0) is 6.54 Å². The van der Waals surface area contributed by atoms with Crippen LogP contribution in [0.25, 0.3) is 0 Å². The van der Waals surface area contributed by atoms with Gasteiger partial charge in [-0.25, -0.2) is 4.98 Å². The molecular weight excluding hydrogens is 262 g/mol. The van der Waals surface area contributed by atoms with Crippen LogP contribution in [0.2, 0.25) is 0 Å². The topological polar surface area (TPSA) is 28.2 Å². The first-order chi connectivity index (χ1) is 8.74. The van der Waals surface area contributed by atoms with Gasteiger partial charge < -0.3 is 10.2 Å². The predicted molar refractivity (Wildman–Crippen MR) is 80.8 cm³/mol. The Balaban J connectivity index is 1.65. The van der Waals surface area contributed by atoms with E-state index in [4.69, 9.17) is 4.98 Å². The first kappa shape index (κ1) is 12.8. The van der Waals surface area contributed by atoms with Crippen molar-refractivity contribution in [2.45, 2.75) is 44.8 Å². The summed E-state index contributed by atoms with van der Waals surface area (Å²) >= 11 is 3.93. The molecule has 18 heavy (non-hydrogen) atoms. The Labute approximate surface area is 117 Å². The lowest BCUT2D eigenvalue weighted by atomic mass is 10.2. The van der Waals surface area contributed by atoms with Gasteiger partial charge in [-0.3, -0.25) is 0 Å². The number of rotatable bonds is 5. The molecule has 1 saturated carbocycles. The van der Waals surface area contributed by atoms with Gasteiger partial charge in [0.1, 0.15) is 0 Å². The van der Waals surface area contributed by atoms with Crippen LogP contribution < -0.4 is 10.2 Å². The SMILES string of the molecule is Cc1nc(N(C)C2CCSC2)sc1CNC1CC1. The minimum absolute atomic E-state index is 0.685. The Bertz CT molecular complexity index is 408. The molecule has 1 aliphatic heterocycles. The fourth-order valence-electron chi connectivity index (χ4n) is 2.24. The van der Waals surface area contributed by atoms with Crippen molar-refractivity contribution in [1.82, 2.24) is 10.3 Å². The quantitative estimate of drug-likeness (QED) is 0.899. The van der Waals surface area contributed by atoms with Crippen molar-refractivity contribution < 1.29 is 0 Å². The lowest BCUT2D eigenvalue weighted by Crippen LogP contribution is -2.31. The molecule has 0 aromatic carbocycles. The largest absolute Gasteiger partial charge is 0.347 e. The van der Waals surface area contributed by atoms with Gasteiger partial charge in [-0.05, 0) is 31.9 Å². The number of anilines is 1. The van der Waals surface area contributed by atoms with Gasteiger partial charge in [-0.2, -0.15) is 11.8 Å². The molecule has 0 spiro atoms. The minimum atomic E-state index is 0.685. The van der Waals surface area contributed by atoms with Gasteiger partial charge in [0.25, 0.3) is 0 Å². The molecule has 1 saturated heterocycles. The highest BCUT2D eigenvalue weighted by Gasteiger charge is 2.24. The third kappa shape index (κ3) is 2.83. The van der Waals surface area contributed by atoms with Gasteiger partial charge in [0.15, 0.2) is 5.13 Å². The van der Waals surface area contributed by atoms with Gasteiger partial charge in [0, 0.05) is 36.3 Å². The molecule has 3 rings (SSSR count). The molecule has 2 heterocycles. The van der Waals surface area contributed by atoms with E-state index >= 15 is 0 Å². The van der Waals surface area contributed by atoms with E-state index in [-0.39, 0.29) is 0 Å². The lowest BCUT2D eigenvalue weighted by molar-refractivity contribution is 0.690. The fourth-order valence-corrected chi connectivity index (χ4v) is 4.55. The van der Waals surface area contributed by atoms with E-state index in [0.29, 0.717) is 6.04 Å². The number of hydrogen-bond acceptors (Lipinski definition) is 5. The van der Waals surface area contributed by atoms with E-state index in [2.05, 4.69) is 35.9 Å². The summed E-state index contributed by atoms with van der Waals surface area (Å²) < 4.78 is 0. The summed E-state index contributed by atoms with van der Waals surface area (Å²) in [6.45, 7) is 3.14. The van der Waals surface area contributed by atoms with Crippen molar-refractivity contribution in [2.24, 2.45) is 0 Å². The minimum Gasteiger partial charge on any atom is -0.347 e. The zero-order valence-corrected chi connectivity index (χ0v) is 12.7. The molecular formula is C13H21N3S2. The monoisotopic (exact) mass is 283 g/mol. The van der Waals surface area contributed by atoms with Gasteiger partial charge in [-0.1, -0.05) is 0 Å². The van der Waals surface area contributed by atoms with Crippen LogP contribution in [0.15, 0.2) is 0 Å². The summed E-state index contributed by atoms with van der Waals surface area (Å²) in [5, 5.41) is 4.78. The Morgan fingerprint density at radius 3 is 2.89 bits per heavy atom. The molecule has 0 bridgehead atoms. The summed E-state index contributed by atoms with van der Waals surface area (Å²) in [4.78, 5) is 8.55. The van der Waals surface area contributed by atoms with Gasteiger partial charge in [0.05, 0.1) is 5.69 Å². The van der Waals surface area contributed by atoms with E-state index in [9.17, 15) is 0 Å². The third-order valence-electron chi connectivity index (χ3n) is 3.77. The van der Waals surface area contributed by atoms with Crippen LogP contribution in [0.4, 0.5) is 5.13 Å². The van der Waals surface area contributed by atoms with Gasteiger partial charge >= 0.3 is 0 Å². The number of thiazole rings is 1. The molecule has 100 valence electrons. The van der Waals surface area contributed by atoms with Gasteiger partial charge in [0.2, 0.25) is 0 Å². The van der Waals surface area contributed by atoms with E-state index in [1.165, 1.54) is 46.5 Å². The van der Waals surface area contributed by atoms with Crippen LogP contribution in [-0.4, -0.2) is 35.6 Å². The molecule has 1 unspecified atom stereocenters. The smallest absolute Gasteiger partial charge is 0.185 e. The van der Waals surface area contributed by atoms with E-state index in [1.54, 1.807) is 0 Å². The van der Waals surface area contributed by atoms with Crippen LogP contribution in [0.5, 0.6) is 0 Å². The second kappa shape index (κ2) is 5.39. The maximum absolute atomic E-state index is 4.75. The first-order valence-electron chi connectivity index (χ1n) is 6.74. The third-order valence-corrected chi connectivity index (χ3v) is 6.16. The summed E-state index contributed by atoms with van der Waals surface area (Å²) in [7, 11) is 2.20. The molecule has 0 amide bonds. The van der Waals surface area contributed by atoms with Crippen molar-refractivity contribution >= 4 is 28.2 Å². The van der Waals surface area contributed by atoms with Crippen molar-refractivity contribution in [3.63, 3.8) is 0 Å². The number of aryl methyl sites for hydroxylation is 1. The maximum atomic E-state index is 4.75. The summed E-state index contributed by atoms with van der Waals surface area (Å²) in [6, 6.07) is 1.46. The molecule has 2 fully saturated rings. The van der Waals surface area contributed by atoms with Crippen LogP contribution in [0.3, 0.4) is 0 Å². The van der Waals surface area contributed by atoms with Crippen molar-refractivity contribution in [2.75, 3.05) is 23.5 Å². The molecule has 0 radical (unpaired) electrons. The molecule has 3 nitrogen and oxygen atoms in total. The molecule has 2 aliphatic rings. The standard InChI is InChI=1S/C13H21N3S2/c1-9-12(7-14-10-3-4-10)18-13(15-9)16(2)11-5-6-17-8-11/h10-11,14H,3-8H2,1-2H3. The number of nitrogens with one attached hydrogen (secondary N) is 1. The molecule has 1 aromatic heterocycles. The highest BCUT2D eigenvalue weighted by molar-refractivity contribution is 7.99. The molecule has 1 aliphatic carbocycles. The highest BCUT2D eigenvalue weighted by Crippen LogP contribution is 2.31. The van der Waals surface area contributed by atoms with E-state index < -0.39 is 0 Å². The predicted octanol–water partition coefficient (Wildman–Crippen LogP) is 2.65. The van der Waals surface area contributed by atoms with Crippen LogP contribution in [0.1, 0.15) is 29.8 Å². The fraction of sp³-hybridized carbons (Fsp3) is 0.769. The summed E-state index contributed by atoms with van der Waals surface area (Å²) in [5.74, 6) is 2.56. The van der Waals surface area contributed by atoms with Crippen LogP contribution >= 0.6 is 23.1 Å². The second-order valence-electron chi connectivity index (χ2n) is 5.29. The lowest BCUT2D eigenvalue weighted by Gasteiger charge is -2.22. The Morgan fingerprint density at radius 1 is 1.39 bits per heavy atom. The Kier molecular flexibility index (Phi) is 3.82. The van der Waals surface area contributed by atoms with Crippen molar-refractivity contribution in [1.29, 1.82) is 0 Å². The Morgan fingerprint density at radius 2 is 2.22 bits per heavy atom. The van der Waals surface area contributed by atoms with E-state index in [1.807, 2.05) is 11.3 Å².